The molecule has 0 unspecified atom stereocenters. The number of aromatic nitrogens is 2. The molecule has 5 heteroatoms. The van der Waals surface area contributed by atoms with Crippen LogP contribution in [0.1, 0.15) is 20.3 Å². The molecule has 2 rings (SSSR count). The number of benzene rings is 1. The molecule has 19 heavy (non-hydrogen) atoms. The quantitative estimate of drug-likeness (QED) is 0.635. The molecule has 0 saturated heterocycles. The van der Waals surface area contributed by atoms with E-state index in [-0.39, 0.29) is 5.84 Å². The molecular formula is C14H19N5. The molecule has 1 aromatic heterocycles. The number of fused-ring (bicyclic) bond motifs is 1. The van der Waals surface area contributed by atoms with Crippen LogP contribution in [0.5, 0.6) is 0 Å². The SMILES string of the molecule is CC(C)N(CCC(=N)N)c1cnnc2ccccc12. The number of nitrogens with one attached hydrogen (secondary N) is 1. The number of nitrogens with two attached hydrogens (primary N) is 1. The van der Waals surface area contributed by atoms with Gasteiger partial charge in [0, 0.05) is 24.4 Å². The van der Waals surface area contributed by atoms with Crippen molar-refractivity contribution < 1.29 is 0 Å². The molecule has 0 atom stereocenters. The standard InChI is InChI=1S/C14H19N5/c1-10(2)19(8-7-14(15)16)13-9-17-18-12-6-4-3-5-11(12)13/h3-6,9-10H,7-8H2,1-2H3,(H3,15,16). The second kappa shape index (κ2) is 5.65. The van der Waals surface area contributed by atoms with E-state index >= 15 is 0 Å². The molecule has 1 aromatic carbocycles. The predicted octanol–water partition coefficient (Wildman–Crippen LogP) is 2.17. The summed E-state index contributed by atoms with van der Waals surface area (Å²) < 4.78 is 0. The summed E-state index contributed by atoms with van der Waals surface area (Å²) in [4.78, 5) is 2.21. The van der Waals surface area contributed by atoms with E-state index in [9.17, 15) is 0 Å². The average molecular weight is 257 g/mol. The van der Waals surface area contributed by atoms with Gasteiger partial charge >= 0.3 is 0 Å². The number of rotatable bonds is 5. The maximum atomic E-state index is 7.38. The van der Waals surface area contributed by atoms with Gasteiger partial charge in [0.05, 0.1) is 23.2 Å². The van der Waals surface area contributed by atoms with Crippen molar-refractivity contribution in [1.82, 2.24) is 10.2 Å². The van der Waals surface area contributed by atoms with Gasteiger partial charge in [-0.3, -0.25) is 5.41 Å². The summed E-state index contributed by atoms with van der Waals surface area (Å²) in [5, 5.41) is 16.7. The van der Waals surface area contributed by atoms with E-state index in [1.807, 2.05) is 24.3 Å². The normalized spacial score (nSPS) is 10.9. The maximum Gasteiger partial charge on any atom is 0.0950 e. The summed E-state index contributed by atoms with van der Waals surface area (Å²) in [5.74, 6) is 0.206. The molecule has 0 fully saturated rings. The second-order valence-corrected chi connectivity index (χ2v) is 4.81. The molecule has 0 aliphatic carbocycles. The highest BCUT2D eigenvalue weighted by Crippen LogP contribution is 2.25. The third-order valence-corrected chi connectivity index (χ3v) is 3.08. The van der Waals surface area contributed by atoms with E-state index in [0.717, 1.165) is 16.6 Å². The minimum absolute atomic E-state index is 0.206. The number of hydrogen-bond donors (Lipinski definition) is 2. The zero-order valence-corrected chi connectivity index (χ0v) is 11.3. The third-order valence-electron chi connectivity index (χ3n) is 3.08. The van der Waals surface area contributed by atoms with Crippen molar-refractivity contribution in [3.63, 3.8) is 0 Å². The van der Waals surface area contributed by atoms with Crippen LogP contribution in [-0.2, 0) is 0 Å². The first kappa shape index (κ1) is 13.3. The molecule has 3 N–H and O–H groups in total. The number of nitrogens with zero attached hydrogens (tertiary/aromatic N) is 3. The van der Waals surface area contributed by atoms with Crippen LogP contribution in [0.15, 0.2) is 30.5 Å². The molecule has 0 spiro atoms. The Morgan fingerprint density at radius 1 is 1.37 bits per heavy atom. The molecule has 0 radical (unpaired) electrons. The molecule has 1 heterocycles. The average Bonchev–Trinajstić information content (AvgIpc) is 2.38. The zero-order valence-electron chi connectivity index (χ0n) is 11.3. The van der Waals surface area contributed by atoms with Crippen LogP contribution in [0.4, 0.5) is 5.69 Å². The van der Waals surface area contributed by atoms with E-state index < -0.39 is 0 Å². The molecule has 0 aliphatic heterocycles. The number of anilines is 1. The van der Waals surface area contributed by atoms with Gasteiger partial charge in [0.2, 0.25) is 0 Å². The van der Waals surface area contributed by atoms with Gasteiger partial charge in [0.1, 0.15) is 0 Å². The first-order valence-electron chi connectivity index (χ1n) is 6.39. The Morgan fingerprint density at radius 3 is 2.79 bits per heavy atom. The zero-order chi connectivity index (χ0) is 13.8. The molecular weight excluding hydrogens is 238 g/mol. The number of hydrogen-bond acceptors (Lipinski definition) is 4. The second-order valence-electron chi connectivity index (χ2n) is 4.81. The maximum absolute atomic E-state index is 7.38. The lowest BCUT2D eigenvalue weighted by Gasteiger charge is -2.29. The van der Waals surface area contributed by atoms with Crippen LogP contribution in [0, 0.1) is 5.41 Å². The summed E-state index contributed by atoms with van der Waals surface area (Å²) >= 11 is 0. The summed E-state index contributed by atoms with van der Waals surface area (Å²) in [5.41, 5.74) is 7.39. The van der Waals surface area contributed by atoms with Crippen LogP contribution in [0.2, 0.25) is 0 Å². The Labute approximate surface area is 112 Å². The van der Waals surface area contributed by atoms with Crippen molar-refractivity contribution in [3.8, 4) is 0 Å². The summed E-state index contributed by atoms with van der Waals surface area (Å²) in [6, 6.07) is 8.26. The van der Waals surface area contributed by atoms with Gasteiger partial charge in [0.25, 0.3) is 0 Å². The van der Waals surface area contributed by atoms with E-state index in [1.165, 1.54) is 0 Å². The van der Waals surface area contributed by atoms with Gasteiger partial charge in [-0.05, 0) is 19.9 Å². The predicted molar refractivity (Wildman–Crippen MR) is 78.6 cm³/mol. The van der Waals surface area contributed by atoms with Crippen LogP contribution in [0.3, 0.4) is 0 Å². The molecule has 100 valence electrons. The summed E-state index contributed by atoms with van der Waals surface area (Å²) in [6.07, 6.45) is 2.33. The molecule has 5 nitrogen and oxygen atoms in total. The minimum atomic E-state index is 0.206. The van der Waals surface area contributed by atoms with Crippen LogP contribution in [0.25, 0.3) is 10.9 Å². The monoisotopic (exact) mass is 257 g/mol. The van der Waals surface area contributed by atoms with Gasteiger partial charge in [0.15, 0.2) is 0 Å². The van der Waals surface area contributed by atoms with Crippen molar-refractivity contribution in [3.05, 3.63) is 30.5 Å². The lowest BCUT2D eigenvalue weighted by molar-refractivity contribution is 0.689. The Morgan fingerprint density at radius 2 is 2.11 bits per heavy atom. The molecule has 0 aliphatic rings. The van der Waals surface area contributed by atoms with Crippen molar-refractivity contribution in [1.29, 1.82) is 5.41 Å². The van der Waals surface area contributed by atoms with Gasteiger partial charge in [-0.2, -0.15) is 10.2 Å². The minimum Gasteiger partial charge on any atom is -0.388 e. The van der Waals surface area contributed by atoms with Crippen molar-refractivity contribution in [2.24, 2.45) is 5.73 Å². The highest BCUT2D eigenvalue weighted by Gasteiger charge is 2.14. The van der Waals surface area contributed by atoms with E-state index in [2.05, 4.69) is 28.9 Å². The third kappa shape index (κ3) is 2.99. The van der Waals surface area contributed by atoms with Gasteiger partial charge in [-0.1, -0.05) is 18.2 Å². The first-order chi connectivity index (χ1) is 9.09. The number of amidine groups is 1. The lowest BCUT2D eigenvalue weighted by atomic mass is 10.1. The largest absolute Gasteiger partial charge is 0.388 e. The molecule has 0 bridgehead atoms. The summed E-state index contributed by atoms with van der Waals surface area (Å²) in [6.45, 7) is 4.95. The van der Waals surface area contributed by atoms with E-state index in [0.29, 0.717) is 19.0 Å². The highest BCUT2D eigenvalue weighted by atomic mass is 15.2. The molecule has 0 amide bonds. The Hall–Kier alpha value is -2.17. The van der Waals surface area contributed by atoms with Gasteiger partial charge in [-0.15, -0.1) is 0 Å². The fraction of sp³-hybridized carbons (Fsp3) is 0.357. The Balaban J connectivity index is 2.41. The van der Waals surface area contributed by atoms with Gasteiger partial charge < -0.3 is 10.6 Å². The summed E-state index contributed by atoms with van der Waals surface area (Å²) in [7, 11) is 0. The molecule has 0 saturated carbocycles. The lowest BCUT2D eigenvalue weighted by Crippen LogP contribution is -2.34. The van der Waals surface area contributed by atoms with Crippen molar-refractivity contribution in [2.75, 3.05) is 11.4 Å². The van der Waals surface area contributed by atoms with E-state index in [1.54, 1.807) is 6.20 Å². The topological polar surface area (TPSA) is 78.9 Å². The van der Waals surface area contributed by atoms with Crippen LogP contribution < -0.4 is 10.6 Å². The Bertz CT molecular complexity index is 574. The highest BCUT2D eigenvalue weighted by molar-refractivity contribution is 5.91. The van der Waals surface area contributed by atoms with Crippen molar-refractivity contribution in [2.45, 2.75) is 26.3 Å². The molecule has 2 aromatic rings. The Kier molecular flexibility index (Phi) is 3.94. The van der Waals surface area contributed by atoms with Crippen molar-refractivity contribution >= 4 is 22.4 Å². The van der Waals surface area contributed by atoms with Crippen LogP contribution in [-0.4, -0.2) is 28.6 Å². The van der Waals surface area contributed by atoms with Gasteiger partial charge in [-0.25, -0.2) is 0 Å². The smallest absolute Gasteiger partial charge is 0.0950 e. The first-order valence-corrected chi connectivity index (χ1v) is 6.39. The van der Waals surface area contributed by atoms with E-state index in [4.69, 9.17) is 11.1 Å². The fourth-order valence-corrected chi connectivity index (χ4v) is 2.12. The van der Waals surface area contributed by atoms with Crippen LogP contribution >= 0.6 is 0 Å². The fourth-order valence-electron chi connectivity index (χ4n) is 2.12.